The number of aliphatic hydroxyl groups excluding tert-OH is 1. The standard InChI is InChI=1S/C13H18N2O/c1-2-10-8-15-13(6-12(10)9-16)11-4-3-5-14-7-11/h3-7,10,13,15-16H,2,8-9H2,1H3/t10-,13+/m1/s1. The van der Waals surface area contributed by atoms with E-state index >= 15 is 0 Å². The zero-order valence-corrected chi connectivity index (χ0v) is 9.56. The zero-order valence-electron chi connectivity index (χ0n) is 9.56. The van der Waals surface area contributed by atoms with Gasteiger partial charge in [-0.05, 0) is 29.5 Å². The third-order valence-corrected chi connectivity index (χ3v) is 3.21. The minimum atomic E-state index is 0.164. The summed E-state index contributed by atoms with van der Waals surface area (Å²) in [5.74, 6) is 0.470. The Morgan fingerprint density at radius 3 is 3.06 bits per heavy atom. The van der Waals surface area contributed by atoms with E-state index in [9.17, 15) is 5.11 Å². The third-order valence-electron chi connectivity index (χ3n) is 3.21. The molecule has 0 radical (unpaired) electrons. The van der Waals surface area contributed by atoms with E-state index in [1.807, 2.05) is 12.3 Å². The van der Waals surface area contributed by atoms with Crippen LogP contribution >= 0.6 is 0 Å². The van der Waals surface area contributed by atoms with E-state index in [0.717, 1.165) is 24.1 Å². The smallest absolute Gasteiger partial charge is 0.0645 e. The molecule has 16 heavy (non-hydrogen) atoms. The summed E-state index contributed by atoms with van der Waals surface area (Å²) in [5.41, 5.74) is 2.30. The molecule has 0 aliphatic carbocycles. The van der Waals surface area contributed by atoms with Crippen LogP contribution in [0.4, 0.5) is 0 Å². The predicted molar refractivity (Wildman–Crippen MR) is 63.9 cm³/mol. The van der Waals surface area contributed by atoms with Gasteiger partial charge in [0.2, 0.25) is 0 Å². The predicted octanol–water partition coefficient (Wildman–Crippen LogP) is 1.67. The van der Waals surface area contributed by atoms with Crippen LogP contribution in [-0.2, 0) is 0 Å². The van der Waals surface area contributed by atoms with Gasteiger partial charge in [-0.3, -0.25) is 4.98 Å². The normalized spacial score (nSPS) is 25.2. The number of pyridine rings is 1. The van der Waals surface area contributed by atoms with Crippen molar-refractivity contribution in [3.8, 4) is 0 Å². The molecule has 3 heteroatoms. The van der Waals surface area contributed by atoms with Gasteiger partial charge in [-0.25, -0.2) is 0 Å². The Morgan fingerprint density at radius 2 is 2.44 bits per heavy atom. The molecule has 1 aromatic heterocycles. The highest BCUT2D eigenvalue weighted by molar-refractivity contribution is 5.25. The van der Waals surface area contributed by atoms with Gasteiger partial charge in [0.1, 0.15) is 0 Å². The maximum atomic E-state index is 9.35. The summed E-state index contributed by atoms with van der Waals surface area (Å²) in [6.07, 6.45) is 6.85. The first-order valence-electron chi connectivity index (χ1n) is 5.80. The molecule has 86 valence electrons. The van der Waals surface area contributed by atoms with Crippen molar-refractivity contribution in [2.45, 2.75) is 19.4 Å². The van der Waals surface area contributed by atoms with Crippen LogP contribution in [0.3, 0.4) is 0 Å². The molecule has 0 bridgehead atoms. The van der Waals surface area contributed by atoms with Crippen LogP contribution < -0.4 is 5.32 Å². The number of rotatable bonds is 3. The van der Waals surface area contributed by atoms with E-state index in [1.54, 1.807) is 6.20 Å². The van der Waals surface area contributed by atoms with Gasteiger partial charge in [0.15, 0.2) is 0 Å². The Kier molecular flexibility index (Phi) is 3.70. The van der Waals surface area contributed by atoms with E-state index in [1.165, 1.54) is 0 Å². The molecule has 1 aromatic rings. The lowest BCUT2D eigenvalue weighted by atomic mass is 9.89. The van der Waals surface area contributed by atoms with Crippen molar-refractivity contribution in [3.63, 3.8) is 0 Å². The fourth-order valence-electron chi connectivity index (χ4n) is 2.17. The highest BCUT2D eigenvalue weighted by Crippen LogP contribution is 2.25. The van der Waals surface area contributed by atoms with Gasteiger partial charge < -0.3 is 10.4 Å². The van der Waals surface area contributed by atoms with Crippen molar-refractivity contribution >= 4 is 0 Å². The molecule has 0 unspecified atom stereocenters. The summed E-state index contributed by atoms with van der Waals surface area (Å²) in [5, 5.41) is 12.8. The molecule has 2 N–H and O–H groups in total. The van der Waals surface area contributed by atoms with Crippen LogP contribution in [0.5, 0.6) is 0 Å². The monoisotopic (exact) mass is 218 g/mol. The highest BCUT2D eigenvalue weighted by Gasteiger charge is 2.21. The van der Waals surface area contributed by atoms with Crippen LogP contribution in [0.1, 0.15) is 24.9 Å². The molecule has 2 atom stereocenters. The number of aromatic nitrogens is 1. The van der Waals surface area contributed by atoms with Gasteiger partial charge in [0.05, 0.1) is 12.6 Å². The summed E-state index contributed by atoms with van der Waals surface area (Å²) in [4.78, 5) is 4.12. The first-order valence-corrected chi connectivity index (χ1v) is 5.80. The fraction of sp³-hybridized carbons (Fsp3) is 0.462. The molecule has 1 aliphatic heterocycles. The van der Waals surface area contributed by atoms with Gasteiger partial charge >= 0.3 is 0 Å². The fourth-order valence-corrected chi connectivity index (χ4v) is 2.17. The van der Waals surface area contributed by atoms with Gasteiger partial charge in [-0.15, -0.1) is 0 Å². The maximum absolute atomic E-state index is 9.35. The minimum absolute atomic E-state index is 0.164. The molecule has 0 amide bonds. The Morgan fingerprint density at radius 1 is 1.56 bits per heavy atom. The van der Waals surface area contributed by atoms with Crippen LogP contribution in [0, 0.1) is 5.92 Å². The molecule has 0 spiro atoms. The second-order valence-electron chi connectivity index (χ2n) is 4.18. The van der Waals surface area contributed by atoms with Crippen LogP contribution in [0.25, 0.3) is 0 Å². The van der Waals surface area contributed by atoms with E-state index < -0.39 is 0 Å². The van der Waals surface area contributed by atoms with Gasteiger partial charge in [0.25, 0.3) is 0 Å². The zero-order chi connectivity index (χ0) is 11.4. The lowest BCUT2D eigenvalue weighted by Gasteiger charge is -2.28. The van der Waals surface area contributed by atoms with E-state index in [4.69, 9.17) is 0 Å². The quantitative estimate of drug-likeness (QED) is 0.759. The largest absolute Gasteiger partial charge is 0.392 e. The average Bonchev–Trinajstić information content (AvgIpc) is 2.39. The van der Waals surface area contributed by atoms with Crippen LogP contribution in [0.2, 0.25) is 0 Å². The first kappa shape index (κ1) is 11.3. The molecule has 0 fully saturated rings. The van der Waals surface area contributed by atoms with Crippen molar-refractivity contribution < 1.29 is 5.11 Å². The van der Waals surface area contributed by atoms with Crippen LogP contribution in [-0.4, -0.2) is 23.2 Å². The topological polar surface area (TPSA) is 45.2 Å². The summed E-state index contributed by atoms with van der Waals surface area (Å²) in [7, 11) is 0. The molecule has 1 aliphatic rings. The minimum Gasteiger partial charge on any atom is -0.392 e. The van der Waals surface area contributed by atoms with E-state index in [0.29, 0.717) is 5.92 Å². The summed E-state index contributed by atoms with van der Waals surface area (Å²) in [6.45, 7) is 3.25. The van der Waals surface area contributed by atoms with Crippen molar-refractivity contribution in [3.05, 3.63) is 41.7 Å². The summed E-state index contributed by atoms with van der Waals surface area (Å²) >= 11 is 0. The number of hydrogen-bond acceptors (Lipinski definition) is 3. The van der Waals surface area contributed by atoms with Crippen molar-refractivity contribution in [2.75, 3.05) is 13.2 Å². The Hall–Kier alpha value is -1.19. The number of aliphatic hydroxyl groups is 1. The van der Waals surface area contributed by atoms with E-state index in [2.05, 4.69) is 29.4 Å². The van der Waals surface area contributed by atoms with Crippen molar-refractivity contribution in [2.24, 2.45) is 5.92 Å². The van der Waals surface area contributed by atoms with Gasteiger partial charge in [0, 0.05) is 18.9 Å². The Balaban J connectivity index is 2.20. The Labute approximate surface area is 96.2 Å². The SMILES string of the molecule is CC[C@@H]1CN[C@H](c2cccnc2)C=C1CO. The molecule has 0 saturated carbocycles. The second kappa shape index (κ2) is 5.23. The first-order chi connectivity index (χ1) is 7.85. The summed E-state index contributed by atoms with van der Waals surface area (Å²) < 4.78 is 0. The Bertz CT molecular complexity index is 361. The molecule has 0 saturated heterocycles. The summed E-state index contributed by atoms with van der Waals surface area (Å²) in [6, 6.07) is 4.19. The molecule has 2 heterocycles. The van der Waals surface area contributed by atoms with Gasteiger partial charge in [-0.1, -0.05) is 19.1 Å². The maximum Gasteiger partial charge on any atom is 0.0645 e. The lowest BCUT2D eigenvalue weighted by molar-refractivity contribution is 0.299. The third kappa shape index (κ3) is 2.31. The average molecular weight is 218 g/mol. The molecular weight excluding hydrogens is 200 g/mol. The van der Waals surface area contributed by atoms with Crippen molar-refractivity contribution in [1.82, 2.24) is 10.3 Å². The number of hydrogen-bond donors (Lipinski definition) is 2. The molecule has 3 nitrogen and oxygen atoms in total. The van der Waals surface area contributed by atoms with Crippen molar-refractivity contribution in [1.29, 1.82) is 0 Å². The highest BCUT2D eigenvalue weighted by atomic mass is 16.3. The molecule has 2 rings (SSSR count). The van der Waals surface area contributed by atoms with E-state index in [-0.39, 0.29) is 12.6 Å². The lowest BCUT2D eigenvalue weighted by Crippen LogP contribution is -2.33. The number of nitrogens with one attached hydrogen (secondary N) is 1. The van der Waals surface area contributed by atoms with Gasteiger partial charge in [-0.2, -0.15) is 0 Å². The second-order valence-corrected chi connectivity index (χ2v) is 4.18. The number of nitrogens with zero attached hydrogens (tertiary/aromatic N) is 1. The molecule has 0 aromatic carbocycles. The molecular formula is C13H18N2O. The van der Waals surface area contributed by atoms with Crippen LogP contribution in [0.15, 0.2) is 36.2 Å².